The van der Waals surface area contributed by atoms with Crippen molar-refractivity contribution in [1.29, 1.82) is 10.5 Å². The van der Waals surface area contributed by atoms with E-state index < -0.39 is 0 Å². The van der Waals surface area contributed by atoms with E-state index in [1.807, 2.05) is 60.7 Å². The van der Waals surface area contributed by atoms with E-state index in [0.29, 0.717) is 11.1 Å². The largest absolute Gasteiger partial charge is 0.192 e. The number of hydrogen-bond acceptors (Lipinski definition) is 2. The fourth-order valence-corrected chi connectivity index (χ4v) is 4.23. The molecule has 5 aromatic carbocycles. The van der Waals surface area contributed by atoms with Gasteiger partial charge in [-0.1, -0.05) is 97.1 Å². The van der Waals surface area contributed by atoms with Gasteiger partial charge < -0.3 is 0 Å². The molecule has 0 unspecified atom stereocenters. The topological polar surface area (TPSA) is 47.6 Å². The van der Waals surface area contributed by atoms with Crippen molar-refractivity contribution in [2.75, 3.05) is 0 Å². The normalized spacial score (nSPS) is 11.2. The van der Waals surface area contributed by atoms with Crippen LogP contribution in [0.5, 0.6) is 0 Å². The lowest BCUT2D eigenvalue weighted by atomic mass is 9.94. The van der Waals surface area contributed by atoms with Crippen molar-refractivity contribution in [3.63, 3.8) is 0 Å². The second-order valence-electron chi connectivity index (χ2n) is 8.05. The van der Waals surface area contributed by atoms with Crippen LogP contribution in [0.4, 0.5) is 0 Å². The average molecular weight is 433 g/mol. The van der Waals surface area contributed by atoms with Crippen LogP contribution in [-0.2, 0) is 0 Å². The molecule has 2 heteroatoms. The van der Waals surface area contributed by atoms with E-state index in [9.17, 15) is 10.5 Å². The summed E-state index contributed by atoms with van der Waals surface area (Å²) in [6.07, 6.45) is 8.13. The van der Waals surface area contributed by atoms with Gasteiger partial charge in [0.1, 0.15) is 0 Å². The number of fused-ring (bicyclic) bond motifs is 2. The molecule has 0 aliphatic heterocycles. The second kappa shape index (κ2) is 9.29. The lowest BCUT2D eigenvalue weighted by Gasteiger charge is -2.10. The highest BCUT2D eigenvalue weighted by Crippen LogP contribution is 2.30. The van der Waals surface area contributed by atoms with Crippen LogP contribution in [0.25, 0.3) is 45.8 Å². The van der Waals surface area contributed by atoms with Gasteiger partial charge in [-0.2, -0.15) is 10.5 Å². The molecule has 0 saturated carbocycles. The maximum Gasteiger partial charge on any atom is 0.0997 e. The van der Waals surface area contributed by atoms with E-state index in [1.165, 1.54) is 10.8 Å². The van der Waals surface area contributed by atoms with Crippen LogP contribution >= 0.6 is 0 Å². The zero-order valence-corrected chi connectivity index (χ0v) is 18.4. The third-order valence-electron chi connectivity index (χ3n) is 6.00. The molecular weight excluding hydrogens is 412 g/mol. The van der Waals surface area contributed by atoms with Crippen molar-refractivity contribution in [2.45, 2.75) is 0 Å². The van der Waals surface area contributed by atoms with Crippen molar-refractivity contribution in [2.24, 2.45) is 0 Å². The standard InChI is InChI=1S/C32H20N2/c33-21-29-11-5-1-7-23(29)13-14-25-15-16-28-19-26-9-3-4-10-27(26)20-32(28)31(25)18-17-24-8-2-6-12-30(24)22-34/h1-20H/b14-13+,18-17+. The van der Waals surface area contributed by atoms with E-state index in [1.54, 1.807) is 0 Å². The fourth-order valence-electron chi connectivity index (χ4n) is 4.23. The summed E-state index contributed by atoms with van der Waals surface area (Å²) in [5, 5.41) is 23.6. The Balaban J connectivity index is 1.70. The van der Waals surface area contributed by atoms with E-state index in [2.05, 4.69) is 72.8 Å². The number of hydrogen-bond donors (Lipinski definition) is 0. The summed E-state index contributed by atoms with van der Waals surface area (Å²) < 4.78 is 0. The Kier molecular flexibility index (Phi) is 5.73. The van der Waals surface area contributed by atoms with Crippen LogP contribution < -0.4 is 0 Å². The first kappa shape index (κ1) is 21.0. The Bertz CT molecular complexity index is 1670. The third kappa shape index (κ3) is 4.09. The average Bonchev–Trinajstić information content (AvgIpc) is 2.90. The zero-order valence-electron chi connectivity index (χ0n) is 18.4. The summed E-state index contributed by atoms with van der Waals surface area (Å²) in [5.74, 6) is 0. The van der Waals surface area contributed by atoms with Gasteiger partial charge in [-0.3, -0.25) is 0 Å². The highest BCUT2D eigenvalue weighted by Gasteiger charge is 2.07. The molecule has 0 saturated heterocycles. The number of benzene rings is 5. The zero-order chi connectivity index (χ0) is 23.3. The van der Waals surface area contributed by atoms with Gasteiger partial charge in [0, 0.05) is 0 Å². The minimum atomic E-state index is 0.643. The van der Waals surface area contributed by atoms with Gasteiger partial charge in [0.05, 0.1) is 23.3 Å². The Morgan fingerprint density at radius 1 is 0.471 bits per heavy atom. The predicted octanol–water partition coefficient (Wildman–Crippen LogP) is 8.08. The van der Waals surface area contributed by atoms with Gasteiger partial charge in [0.25, 0.3) is 0 Å². The molecule has 158 valence electrons. The van der Waals surface area contributed by atoms with Gasteiger partial charge in [-0.15, -0.1) is 0 Å². The summed E-state index contributed by atoms with van der Waals surface area (Å²) in [4.78, 5) is 0. The van der Waals surface area contributed by atoms with E-state index in [-0.39, 0.29) is 0 Å². The smallest absolute Gasteiger partial charge is 0.0997 e. The molecule has 5 rings (SSSR count). The molecule has 0 aliphatic rings. The van der Waals surface area contributed by atoms with Crippen molar-refractivity contribution in [3.8, 4) is 12.1 Å². The molecule has 0 spiro atoms. The molecule has 0 bridgehead atoms. The highest BCUT2D eigenvalue weighted by atomic mass is 14.2. The molecule has 0 radical (unpaired) electrons. The van der Waals surface area contributed by atoms with Gasteiger partial charge in [0.2, 0.25) is 0 Å². The van der Waals surface area contributed by atoms with Gasteiger partial charge in [-0.25, -0.2) is 0 Å². The Hall–Kier alpha value is -4.92. The summed E-state index contributed by atoms with van der Waals surface area (Å²) in [5.41, 5.74) is 5.17. The quantitative estimate of drug-likeness (QED) is 0.213. The maximum absolute atomic E-state index is 9.50. The summed E-state index contributed by atoms with van der Waals surface area (Å²) >= 11 is 0. The lowest BCUT2D eigenvalue weighted by molar-refractivity contribution is 1.47. The highest BCUT2D eigenvalue weighted by molar-refractivity contribution is 6.04. The molecule has 0 amide bonds. The van der Waals surface area contributed by atoms with Gasteiger partial charge in [0.15, 0.2) is 0 Å². The molecule has 0 aromatic heterocycles. The Labute approximate surface area is 199 Å². The van der Waals surface area contributed by atoms with Crippen LogP contribution in [0.3, 0.4) is 0 Å². The monoisotopic (exact) mass is 432 g/mol. The molecule has 2 nitrogen and oxygen atoms in total. The summed E-state index contributed by atoms with van der Waals surface area (Å²) in [6, 6.07) is 36.7. The molecule has 0 fully saturated rings. The van der Waals surface area contributed by atoms with Crippen molar-refractivity contribution in [1.82, 2.24) is 0 Å². The van der Waals surface area contributed by atoms with Crippen LogP contribution in [0.2, 0.25) is 0 Å². The van der Waals surface area contributed by atoms with Crippen LogP contribution in [0.15, 0.2) is 97.1 Å². The van der Waals surface area contributed by atoms with E-state index in [4.69, 9.17) is 0 Å². The van der Waals surface area contributed by atoms with Crippen molar-refractivity contribution >= 4 is 45.8 Å². The molecule has 5 aromatic rings. The molecule has 34 heavy (non-hydrogen) atoms. The third-order valence-corrected chi connectivity index (χ3v) is 6.00. The van der Waals surface area contributed by atoms with Gasteiger partial charge in [-0.05, 0) is 68.1 Å². The fraction of sp³-hybridized carbons (Fsp3) is 0. The van der Waals surface area contributed by atoms with E-state index >= 15 is 0 Å². The van der Waals surface area contributed by atoms with E-state index in [0.717, 1.165) is 33.0 Å². The van der Waals surface area contributed by atoms with Crippen LogP contribution in [-0.4, -0.2) is 0 Å². The van der Waals surface area contributed by atoms with Crippen molar-refractivity contribution in [3.05, 3.63) is 130 Å². The predicted molar refractivity (Wildman–Crippen MR) is 142 cm³/mol. The first-order valence-electron chi connectivity index (χ1n) is 11.1. The minimum absolute atomic E-state index is 0.643. The molecule has 0 N–H and O–H groups in total. The SMILES string of the molecule is N#Cc1ccccc1/C=C/c1ccc2cc3ccccc3cc2c1/C=C/c1ccccc1C#N. The number of rotatable bonds is 4. The number of nitriles is 2. The Morgan fingerprint density at radius 2 is 1.00 bits per heavy atom. The lowest BCUT2D eigenvalue weighted by Crippen LogP contribution is -1.87. The van der Waals surface area contributed by atoms with Crippen LogP contribution in [0, 0.1) is 22.7 Å². The first-order valence-corrected chi connectivity index (χ1v) is 11.1. The minimum Gasteiger partial charge on any atom is -0.192 e. The van der Waals surface area contributed by atoms with Gasteiger partial charge >= 0.3 is 0 Å². The summed E-state index contributed by atoms with van der Waals surface area (Å²) in [6.45, 7) is 0. The maximum atomic E-state index is 9.50. The first-order chi connectivity index (χ1) is 16.8. The number of nitrogens with zero attached hydrogens (tertiary/aromatic N) is 2. The molecule has 0 atom stereocenters. The molecular formula is C32H20N2. The molecule has 0 aliphatic carbocycles. The molecule has 0 heterocycles. The Morgan fingerprint density at radius 3 is 1.65 bits per heavy atom. The van der Waals surface area contributed by atoms with Crippen LogP contribution in [0.1, 0.15) is 33.4 Å². The van der Waals surface area contributed by atoms with Crippen molar-refractivity contribution < 1.29 is 0 Å². The summed E-state index contributed by atoms with van der Waals surface area (Å²) in [7, 11) is 0. The second-order valence-corrected chi connectivity index (χ2v) is 8.05.